The van der Waals surface area contributed by atoms with Gasteiger partial charge in [0.2, 0.25) is 0 Å². The van der Waals surface area contributed by atoms with Gasteiger partial charge >= 0.3 is 12.1 Å². The molecule has 0 amide bonds. The van der Waals surface area contributed by atoms with Gasteiger partial charge in [-0.2, -0.15) is 18.3 Å². The summed E-state index contributed by atoms with van der Waals surface area (Å²) in [7, 11) is 0. The van der Waals surface area contributed by atoms with E-state index in [2.05, 4.69) is 20.4 Å². The van der Waals surface area contributed by atoms with Crippen LogP contribution in [-0.2, 0) is 16.1 Å². The molecule has 1 aromatic carbocycles. The first kappa shape index (κ1) is 23.7. The highest BCUT2D eigenvalue weighted by Gasteiger charge is 2.47. The lowest BCUT2D eigenvalue weighted by molar-refractivity contribution is -0.217. The molecule has 36 heavy (non-hydrogen) atoms. The minimum Gasteiger partial charge on any atom is -0.450 e. The van der Waals surface area contributed by atoms with Gasteiger partial charge in [-0.3, -0.25) is 14.3 Å². The van der Waals surface area contributed by atoms with E-state index >= 15 is 0 Å². The Bertz CT molecular complexity index is 1440. The number of carbonyl (C=O) groups excluding carboxylic acids is 1. The predicted molar refractivity (Wildman–Crippen MR) is 123 cm³/mol. The Morgan fingerprint density at radius 1 is 1.06 bits per heavy atom. The summed E-state index contributed by atoms with van der Waals surface area (Å²) in [6.45, 7) is 0.440. The van der Waals surface area contributed by atoms with Crippen LogP contribution in [0.2, 0.25) is 0 Å². The number of fused-ring (bicyclic) bond motifs is 1. The lowest BCUT2D eigenvalue weighted by Gasteiger charge is -2.37. The summed E-state index contributed by atoms with van der Waals surface area (Å²) >= 11 is 0. The quantitative estimate of drug-likeness (QED) is 0.422. The van der Waals surface area contributed by atoms with Crippen molar-refractivity contribution in [2.75, 3.05) is 13.1 Å². The molecule has 4 aromatic rings. The van der Waals surface area contributed by atoms with Crippen LogP contribution in [0.5, 0.6) is 0 Å². The number of hydrogen-bond donors (Lipinski definition) is 1. The molecule has 0 radical (unpaired) electrons. The van der Waals surface area contributed by atoms with E-state index in [-0.39, 0.29) is 30.4 Å². The fourth-order valence-corrected chi connectivity index (χ4v) is 4.28. The Hall–Kier alpha value is -4.06. The number of carbonyl (C=O) groups is 1. The number of ether oxygens (including phenoxy) is 1. The first-order valence-corrected chi connectivity index (χ1v) is 11.2. The van der Waals surface area contributed by atoms with Gasteiger partial charge in [0.15, 0.2) is 5.65 Å². The molecular formula is C24H21F3N6O3. The monoisotopic (exact) mass is 498 g/mol. The maximum Gasteiger partial charge on any atom is 0.490 e. The molecule has 0 unspecified atom stereocenters. The van der Waals surface area contributed by atoms with E-state index in [1.807, 2.05) is 36.4 Å². The van der Waals surface area contributed by atoms with Crippen molar-refractivity contribution >= 4 is 17.0 Å². The van der Waals surface area contributed by atoms with Crippen LogP contribution >= 0.6 is 0 Å². The van der Waals surface area contributed by atoms with Crippen LogP contribution in [0.1, 0.15) is 12.8 Å². The number of aromatic nitrogens is 5. The second kappa shape index (κ2) is 9.19. The zero-order valence-electron chi connectivity index (χ0n) is 18.9. The molecule has 1 saturated heterocycles. The van der Waals surface area contributed by atoms with Gasteiger partial charge in [0.1, 0.15) is 17.3 Å². The van der Waals surface area contributed by atoms with E-state index in [4.69, 9.17) is 4.74 Å². The Labute approximate surface area is 202 Å². The minimum atomic E-state index is -5.13. The molecule has 12 heteroatoms. The highest BCUT2D eigenvalue weighted by molar-refractivity contribution is 5.76. The second-order valence-electron chi connectivity index (χ2n) is 8.56. The van der Waals surface area contributed by atoms with Crippen molar-refractivity contribution in [1.82, 2.24) is 29.6 Å². The summed E-state index contributed by atoms with van der Waals surface area (Å²) in [5, 5.41) is 7.47. The van der Waals surface area contributed by atoms with Crippen molar-refractivity contribution < 1.29 is 22.7 Å². The molecule has 0 saturated carbocycles. The maximum atomic E-state index is 13.2. The van der Waals surface area contributed by atoms with Crippen LogP contribution in [0.4, 0.5) is 13.2 Å². The molecular weight excluding hydrogens is 477 g/mol. The van der Waals surface area contributed by atoms with E-state index in [0.29, 0.717) is 18.8 Å². The Morgan fingerprint density at radius 3 is 2.47 bits per heavy atom. The molecule has 0 spiro atoms. The smallest absolute Gasteiger partial charge is 0.450 e. The summed E-state index contributed by atoms with van der Waals surface area (Å²) in [5.41, 5.74) is 0.603. The fourth-order valence-electron chi connectivity index (χ4n) is 4.28. The number of nitrogens with zero attached hydrogens (tertiary/aromatic N) is 5. The largest absolute Gasteiger partial charge is 0.490 e. The molecule has 186 valence electrons. The van der Waals surface area contributed by atoms with Crippen molar-refractivity contribution in [2.45, 2.75) is 31.2 Å². The number of nitrogens with one attached hydrogen (secondary N) is 1. The van der Waals surface area contributed by atoms with Gasteiger partial charge in [-0.05, 0) is 25.2 Å². The molecule has 3 aromatic heterocycles. The molecule has 9 nitrogen and oxygen atoms in total. The molecule has 0 bridgehead atoms. The zero-order valence-corrected chi connectivity index (χ0v) is 18.9. The van der Waals surface area contributed by atoms with Crippen LogP contribution in [0.15, 0.2) is 66.0 Å². The summed E-state index contributed by atoms with van der Waals surface area (Å²) in [5.74, 6) is -2.27. The average molecular weight is 498 g/mol. The number of piperidine rings is 1. The number of rotatable bonds is 5. The van der Waals surface area contributed by atoms with Crippen LogP contribution in [0.25, 0.3) is 28.0 Å². The summed E-state index contributed by atoms with van der Waals surface area (Å²) in [6.07, 6.45) is -0.683. The van der Waals surface area contributed by atoms with Gasteiger partial charge in [-0.1, -0.05) is 30.3 Å². The minimum absolute atomic E-state index is 0.123. The molecule has 1 aliphatic heterocycles. The van der Waals surface area contributed by atoms with Crippen LogP contribution in [0, 0.1) is 0 Å². The van der Waals surface area contributed by atoms with Gasteiger partial charge < -0.3 is 10.1 Å². The van der Waals surface area contributed by atoms with Gasteiger partial charge in [0.05, 0.1) is 30.3 Å². The number of hydrogen-bond acceptors (Lipinski definition) is 7. The van der Waals surface area contributed by atoms with Gasteiger partial charge in [-0.25, -0.2) is 14.5 Å². The lowest BCUT2D eigenvalue weighted by atomic mass is 9.91. The summed E-state index contributed by atoms with van der Waals surface area (Å²) < 4.78 is 46.2. The highest BCUT2D eigenvalue weighted by Crippen LogP contribution is 2.29. The molecule has 0 aliphatic carbocycles. The number of pyridine rings is 1. The number of halogens is 3. The van der Waals surface area contributed by atoms with Crippen LogP contribution in [0.3, 0.4) is 0 Å². The number of esters is 1. The summed E-state index contributed by atoms with van der Waals surface area (Å²) in [4.78, 5) is 33.6. The Kier molecular flexibility index (Phi) is 6.04. The van der Waals surface area contributed by atoms with E-state index in [1.54, 1.807) is 12.3 Å². The third-order valence-electron chi connectivity index (χ3n) is 6.13. The van der Waals surface area contributed by atoms with Crippen molar-refractivity contribution in [3.8, 4) is 16.9 Å². The van der Waals surface area contributed by atoms with Crippen molar-refractivity contribution in [3.63, 3.8) is 0 Å². The van der Waals surface area contributed by atoms with Crippen LogP contribution in [-0.4, -0.2) is 55.2 Å². The number of benzene rings is 1. The second-order valence-corrected chi connectivity index (χ2v) is 8.56. The molecule has 4 heterocycles. The Balaban J connectivity index is 1.44. The number of alkyl halides is 3. The summed E-state index contributed by atoms with van der Waals surface area (Å²) in [6, 6.07) is 13.3. The lowest BCUT2D eigenvalue weighted by Crippen LogP contribution is -2.51. The highest BCUT2D eigenvalue weighted by atomic mass is 19.4. The van der Waals surface area contributed by atoms with Gasteiger partial charge in [0.25, 0.3) is 5.56 Å². The third kappa shape index (κ3) is 4.59. The van der Waals surface area contributed by atoms with Gasteiger partial charge in [0, 0.05) is 18.4 Å². The van der Waals surface area contributed by atoms with Crippen molar-refractivity contribution in [2.24, 2.45) is 0 Å². The predicted octanol–water partition coefficient (Wildman–Crippen LogP) is 2.87. The SMILES string of the molecule is O=C(OC1(Cn2cnc3c(cnn3-c3ccc(-c4ccccc4)nc3)c2=O)CCNCC1)C(F)(F)F. The first-order valence-electron chi connectivity index (χ1n) is 11.2. The molecule has 5 rings (SSSR count). The molecule has 0 atom stereocenters. The molecule has 1 N–H and O–H groups in total. The van der Waals surface area contributed by atoms with Gasteiger partial charge in [-0.15, -0.1) is 0 Å². The normalized spacial score (nSPS) is 15.6. The third-order valence-corrected chi connectivity index (χ3v) is 6.13. The van der Waals surface area contributed by atoms with E-state index in [0.717, 1.165) is 11.3 Å². The standard InChI is InChI=1S/C24H21F3N6O3/c25-24(26,27)22(35)36-23(8-10-28-11-9-23)14-32-15-30-20-18(21(32)34)13-31-33(20)17-6-7-19(29-12-17)16-4-2-1-3-5-16/h1-7,12-13,15,28H,8-11,14H2. The van der Waals surface area contributed by atoms with Crippen LogP contribution < -0.4 is 10.9 Å². The van der Waals surface area contributed by atoms with E-state index < -0.39 is 23.3 Å². The maximum absolute atomic E-state index is 13.2. The van der Waals surface area contributed by atoms with Crippen molar-refractivity contribution in [1.29, 1.82) is 0 Å². The topological polar surface area (TPSA) is 104 Å². The first-order chi connectivity index (χ1) is 17.3. The Morgan fingerprint density at radius 2 is 1.81 bits per heavy atom. The van der Waals surface area contributed by atoms with Crippen molar-refractivity contribution in [3.05, 3.63) is 71.5 Å². The molecule has 1 fully saturated rings. The molecule has 1 aliphatic rings. The fraction of sp³-hybridized carbons (Fsp3) is 0.292. The zero-order chi connectivity index (χ0) is 25.3. The average Bonchev–Trinajstić information content (AvgIpc) is 3.31. The van der Waals surface area contributed by atoms with E-state index in [9.17, 15) is 22.8 Å². The van der Waals surface area contributed by atoms with E-state index in [1.165, 1.54) is 21.8 Å².